The van der Waals surface area contributed by atoms with Crippen LogP contribution < -0.4 is 10.6 Å². The zero-order chi connectivity index (χ0) is 17.1. The second-order valence-corrected chi connectivity index (χ2v) is 6.89. The number of hydrogen-bond acceptors (Lipinski definition) is 4. The molecule has 0 aromatic carbocycles. The molecule has 1 saturated carbocycles. The number of methoxy groups -OCH3 is 1. The van der Waals surface area contributed by atoms with Crippen molar-refractivity contribution in [2.24, 2.45) is 10.4 Å². The lowest BCUT2D eigenvalue weighted by Gasteiger charge is -2.59. The lowest BCUT2D eigenvalue weighted by Crippen LogP contribution is -2.69. The molecule has 130 valence electrons. The molecule has 2 N–H and O–H groups in total. The Kier molecular flexibility index (Phi) is 5.34. The van der Waals surface area contributed by atoms with Crippen LogP contribution in [0.25, 0.3) is 0 Å². The Morgan fingerprint density at radius 3 is 2.70 bits per heavy atom. The maximum absolute atomic E-state index is 5.68. The summed E-state index contributed by atoms with van der Waals surface area (Å²) < 4.78 is 11.0. The monoisotopic (exact) mass is 322 g/mol. The van der Waals surface area contributed by atoms with Crippen LogP contribution in [0.1, 0.15) is 52.5 Å². The number of rotatable bonds is 6. The molecule has 0 saturated heterocycles. The SMILES string of the molecule is CCNC(=NCc1cc(CC)no1)NC1CC(C)(OC)C1(C)C. The first-order chi connectivity index (χ1) is 10.9. The van der Waals surface area contributed by atoms with E-state index in [2.05, 4.69) is 55.4 Å². The van der Waals surface area contributed by atoms with Crippen molar-refractivity contribution in [3.8, 4) is 0 Å². The van der Waals surface area contributed by atoms with Crippen LogP contribution in [0, 0.1) is 5.41 Å². The average molecular weight is 322 g/mol. The van der Waals surface area contributed by atoms with Crippen molar-refractivity contribution in [2.75, 3.05) is 13.7 Å². The normalized spacial score (nSPS) is 26.7. The zero-order valence-corrected chi connectivity index (χ0v) is 15.2. The largest absolute Gasteiger partial charge is 0.378 e. The van der Waals surface area contributed by atoms with Crippen LogP contribution in [0.4, 0.5) is 0 Å². The van der Waals surface area contributed by atoms with Crippen LogP contribution in [-0.4, -0.2) is 36.4 Å². The molecule has 2 unspecified atom stereocenters. The van der Waals surface area contributed by atoms with Gasteiger partial charge in [0.05, 0.1) is 11.3 Å². The fourth-order valence-electron chi connectivity index (χ4n) is 2.96. The lowest BCUT2D eigenvalue weighted by atomic mass is 9.56. The third-order valence-corrected chi connectivity index (χ3v) is 5.30. The molecule has 0 radical (unpaired) electrons. The summed E-state index contributed by atoms with van der Waals surface area (Å²) in [7, 11) is 1.78. The molecule has 6 heteroatoms. The molecule has 1 aromatic heterocycles. The highest BCUT2D eigenvalue weighted by Gasteiger charge is 2.58. The third-order valence-electron chi connectivity index (χ3n) is 5.30. The molecule has 23 heavy (non-hydrogen) atoms. The Bertz CT molecular complexity index is 553. The highest BCUT2D eigenvalue weighted by molar-refractivity contribution is 5.80. The Hall–Kier alpha value is -1.56. The predicted octanol–water partition coefficient (Wildman–Crippen LogP) is 2.50. The first kappa shape index (κ1) is 17.8. The number of nitrogens with zero attached hydrogens (tertiary/aromatic N) is 2. The number of guanidine groups is 1. The molecule has 0 spiro atoms. The van der Waals surface area contributed by atoms with Gasteiger partial charge in [-0.3, -0.25) is 0 Å². The molecule has 2 rings (SSSR count). The molecule has 1 aliphatic carbocycles. The van der Waals surface area contributed by atoms with Crippen LogP contribution >= 0.6 is 0 Å². The number of ether oxygens (including phenoxy) is 1. The second-order valence-electron chi connectivity index (χ2n) is 6.89. The zero-order valence-electron chi connectivity index (χ0n) is 15.2. The summed E-state index contributed by atoms with van der Waals surface area (Å²) in [6, 6.07) is 2.29. The van der Waals surface area contributed by atoms with E-state index < -0.39 is 0 Å². The van der Waals surface area contributed by atoms with Crippen LogP contribution in [0.15, 0.2) is 15.6 Å². The van der Waals surface area contributed by atoms with Gasteiger partial charge in [-0.15, -0.1) is 0 Å². The van der Waals surface area contributed by atoms with Crippen molar-refractivity contribution in [1.82, 2.24) is 15.8 Å². The van der Waals surface area contributed by atoms with Gasteiger partial charge in [0.1, 0.15) is 6.54 Å². The molecule has 1 fully saturated rings. The first-order valence-corrected chi connectivity index (χ1v) is 8.40. The van der Waals surface area contributed by atoms with E-state index in [0.29, 0.717) is 12.6 Å². The van der Waals surface area contributed by atoms with Gasteiger partial charge in [-0.2, -0.15) is 0 Å². The van der Waals surface area contributed by atoms with Gasteiger partial charge in [0.15, 0.2) is 11.7 Å². The molecule has 2 atom stereocenters. The van der Waals surface area contributed by atoms with E-state index in [0.717, 1.165) is 36.8 Å². The predicted molar refractivity (Wildman–Crippen MR) is 91.4 cm³/mol. The smallest absolute Gasteiger partial charge is 0.191 e. The minimum absolute atomic E-state index is 0.0412. The third kappa shape index (κ3) is 3.52. The van der Waals surface area contributed by atoms with Gasteiger partial charge in [0, 0.05) is 31.2 Å². The quantitative estimate of drug-likeness (QED) is 0.622. The van der Waals surface area contributed by atoms with Crippen LogP contribution in [0.5, 0.6) is 0 Å². The van der Waals surface area contributed by atoms with Gasteiger partial charge in [-0.1, -0.05) is 25.9 Å². The van der Waals surface area contributed by atoms with Crippen molar-refractivity contribution in [1.29, 1.82) is 0 Å². The number of aliphatic imine (C=N–C) groups is 1. The molecule has 0 bridgehead atoms. The van der Waals surface area contributed by atoms with Crippen molar-refractivity contribution in [3.05, 3.63) is 17.5 Å². The number of nitrogens with one attached hydrogen (secondary N) is 2. The Labute approximate surface area is 139 Å². The van der Waals surface area contributed by atoms with E-state index in [1.54, 1.807) is 7.11 Å². The van der Waals surface area contributed by atoms with Gasteiger partial charge in [0.2, 0.25) is 0 Å². The highest BCUT2D eigenvalue weighted by Crippen LogP contribution is 2.51. The van der Waals surface area contributed by atoms with E-state index in [4.69, 9.17) is 9.26 Å². The fraction of sp³-hybridized carbons (Fsp3) is 0.765. The number of hydrogen-bond donors (Lipinski definition) is 2. The van der Waals surface area contributed by atoms with E-state index in [1.807, 2.05) is 6.07 Å². The van der Waals surface area contributed by atoms with Crippen molar-refractivity contribution >= 4 is 5.96 Å². The fourth-order valence-corrected chi connectivity index (χ4v) is 2.96. The van der Waals surface area contributed by atoms with Crippen LogP contribution in [0.3, 0.4) is 0 Å². The molecular formula is C17H30N4O2. The van der Waals surface area contributed by atoms with Crippen LogP contribution in [0.2, 0.25) is 0 Å². The highest BCUT2D eigenvalue weighted by atomic mass is 16.5. The number of aromatic nitrogens is 1. The summed E-state index contributed by atoms with van der Waals surface area (Å²) in [5.74, 6) is 1.59. The van der Waals surface area contributed by atoms with Gasteiger partial charge in [0.25, 0.3) is 0 Å². The summed E-state index contributed by atoms with van der Waals surface area (Å²) in [6.07, 6.45) is 1.83. The van der Waals surface area contributed by atoms with E-state index in [1.165, 1.54) is 0 Å². The Balaban J connectivity index is 2.00. The number of aryl methyl sites for hydroxylation is 1. The van der Waals surface area contributed by atoms with E-state index in [9.17, 15) is 0 Å². The van der Waals surface area contributed by atoms with Crippen molar-refractivity contribution < 1.29 is 9.26 Å². The molecule has 1 aromatic rings. The second kappa shape index (κ2) is 6.91. The summed E-state index contributed by atoms with van der Waals surface area (Å²) in [5.41, 5.74) is 0.909. The van der Waals surface area contributed by atoms with Crippen molar-refractivity contribution in [3.63, 3.8) is 0 Å². The Morgan fingerprint density at radius 2 is 2.17 bits per heavy atom. The molecule has 1 aliphatic rings. The summed E-state index contributed by atoms with van der Waals surface area (Å²) >= 11 is 0. The van der Waals surface area contributed by atoms with Crippen molar-refractivity contribution in [2.45, 2.75) is 65.6 Å². The van der Waals surface area contributed by atoms with Crippen LogP contribution in [-0.2, 0) is 17.7 Å². The summed E-state index contributed by atoms with van der Waals surface area (Å²) in [6.45, 7) is 12.0. The van der Waals surface area contributed by atoms with Gasteiger partial charge >= 0.3 is 0 Å². The minimum atomic E-state index is -0.0943. The maximum atomic E-state index is 5.68. The Morgan fingerprint density at radius 1 is 1.43 bits per heavy atom. The molecule has 1 heterocycles. The summed E-state index contributed by atoms with van der Waals surface area (Å²) in [4.78, 5) is 4.61. The van der Waals surface area contributed by atoms with E-state index >= 15 is 0 Å². The first-order valence-electron chi connectivity index (χ1n) is 8.40. The van der Waals surface area contributed by atoms with Gasteiger partial charge in [-0.05, 0) is 26.7 Å². The van der Waals surface area contributed by atoms with E-state index in [-0.39, 0.29) is 11.0 Å². The molecule has 0 amide bonds. The lowest BCUT2D eigenvalue weighted by molar-refractivity contribution is -0.176. The average Bonchev–Trinajstić information content (AvgIpc) is 3.00. The topological polar surface area (TPSA) is 71.7 Å². The summed E-state index contributed by atoms with van der Waals surface area (Å²) in [5, 5.41) is 10.8. The molecule has 6 nitrogen and oxygen atoms in total. The van der Waals surface area contributed by atoms with Gasteiger partial charge < -0.3 is 19.9 Å². The van der Waals surface area contributed by atoms with Gasteiger partial charge in [-0.25, -0.2) is 4.99 Å². The molecule has 0 aliphatic heterocycles. The molecular weight excluding hydrogens is 292 g/mol. The maximum Gasteiger partial charge on any atom is 0.191 e. The minimum Gasteiger partial charge on any atom is -0.378 e. The standard InChI is InChI=1S/C17H30N4O2/c1-7-12-9-13(23-21-12)11-19-15(18-8-2)20-14-10-17(5,22-6)16(14,3)4/h9,14H,7-8,10-11H2,1-6H3,(H2,18,19,20).